The molecule has 100 valence electrons. The predicted octanol–water partition coefficient (Wildman–Crippen LogP) is 4.29. The molecule has 0 amide bonds. The summed E-state index contributed by atoms with van der Waals surface area (Å²) in [5.74, 6) is 0. The number of aryl methyl sites for hydroxylation is 1. The molecule has 0 aliphatic heterocycles. The first-order chi connectivity index (χ1) is 9.72. The maximum atomic E-state index is 5.86. The first-order valence-corrected chi connectivity index (χ1v) is 7.45. The minimum absolute atomic E-state index is 0.829. The molecule has 3 aromatic rings. The van der Waals surface area contributed by atoms with Gasteiger partial charge in [-0.15, -0.1) is 11.3 Å². The Bertz CT molecular complexity index is 717. The van der Waals surface area contributed by atoms with Crippen LogP contribution >= 0.6 is 11.3 Å². The maximum Gasteiger partial charge on any atom is 0.123 e. The average molecular weight is 280 g/mol. The largest absolute Gasteiger partial charge is 0.399 e. The fraction of sp³-hybridized carbons (Fsp3) is 0.118. The molecule has 0 bridgehead atoms. The highest BCUT2D eigenvalue weighted by Gasteiger charge is 2.06. The highest BCUT2D eigenvalue weighted by atomic mass is 32.1. The molecular weight excluding hydrogens is 264 g/mol. The molecule has 1 heterocycles. The van der Waals surface area contributed by atoms with E-state index in [1.54, 1.807) is 11.3 Å². The van der Waals surface area contributed by atoms with Crippen molar-refractivity contribution in [3.05, 3.63) is 70.7 Å². The molecule has 0 radical (unpaired) electrons. The average Bonchev–Trinajstić information content (AvgIpc) is 2.91. The Morgan fingerprint density at radius 3 is 2.65 bits per heavy atom. The van der Waals surface area contributed by atoms with Crippen molar-refractivity contribution < 1.29 is 0 Å². The number of anilines is 1. The van der Waals surface area contributed by atoms with Crippen molar-refractivity contribution in [3.8, 4) is 10.6 Å². The molecule has 1 aromatic heterocycles. The molecule has 0 saturated heterocycles. The van der Waals surface area contributed by atoms with E-state index < -0.39 is 0 Å². The number of hydrogen-bond donors (Lipinski definition) is 1. The molecule has 0 saturated carbocycles. The summed E-state index contributed by atoms with van der Waals surface area (Å²) in [6.45, 7) is 2.03. The highest BCUT2D eigenvalue weighted by molar-refractivity contribution is 7.13. The molecule has 0 atom stereocenters. The summed E-state index contributed by atoms with van der Waals surface area (Å²) < 4.78 is 0. The van der Waals surface area contributed by atoms with Gasteiger partial charge in [0.25, 0.3) is 0 Å². The van der Waals surface area contributed by atoms with Gasteiger partial charge in [-0.05, 0) is 36.2 Å². The summed E-state index contributed by atoms with van der Waals surface area (Å²) in [6, 6.07) is 16.5. The van der Waals surface area contributed by atoms with Gasteiger partial charge in [0.05, 0.1) is 5.69 Å². The van der Waals surface area contributed by atoms with Crippen LogP contribution in [-0.4, -0.2) is 4.98 Å². The van der Waals surface area contributed by atoms with E-state index >= 15 is 0 Å². The van der Waals surface area contributed by atoms with Gasteiger partial charge in [0.2, 0.25) is 0 Å². The number of benzene rings is 2. The van der Waals surface area contributed by atoms with Crippen molar-refractivity contribution in [3.63, 3.8) is 0 Å². The van der Waals surface area contributed by atoms with Crippen LogP contribution in [0.4, 0.5) is 5.69 Å². The molecule has 0 spiro atoms. The zero-order valence-corrected chi connectivity index (χ0v) is 12.2. The van der Waals surface area contributed by atoms with E-state index in [0.717, 1.165) is 33.9 Å². The predicted molar refractivity (Wildman–Crippen MR) is 85.9 cm³/mol. The summed E-state index contributed by atoms with van der Waals surface area (Å²) in [5.41, 5.74) is 11.3. The van der Waals surface area contributed by atoms with E-state index in [2.05, 4.69) is 35.7 Å². The van der Waals surface area contributed by atoms with Crippen LogP contribution in [0.1, 0.15) is 16.8 Å². The summed E-state index contributed by atoms with van der Waals surface area (Å²) in [7, 11) is 0. The lowest BCUT2D eigenvalue weighted by Gasteiger charge is -2.02. The van der Waals surface area contributed by atoms with Crippen molar-refractivity contribution in [2.75, 3.05) is 5.73 Å². The lowest BCUT2D eigenvalue weighted by atomic mass is 10.1. The summed E-state index contributed by atoms with van der Waals surface area (Å²) in [5, 5.41) is 3.19. The molecule has 0 unspecified atom stereocenters. The van der Waals surface area contributed by atoms with E-state index in [-0.39, 0.29) is 0 Å². The van der Waals surface area contributed by atoms with Crippen molar-refractivity contribution in [1.82, 2.24) is 4.98 Å². The van der Waals surface area contributed by atoms with Gasteiger partial charge in [0.1, 0.15) is 5.01 Å². The molecule has 2 N–H and O–H groups in total. The van der Waals surface area contributed by atoms with Crippen LogP contribution in [0.15, 0.2) is 53.9 Å². The Labute approximate surface area is 122 Å². The van der Waals surface area contributed by atoms with Crippen LogP contribution in [-0.2, 0) is 6.42 Å². The summed E-state index contributed by atoms with van der Waals surface area (Å²) in [4.78, 5) is 4.72. The van der Waals surface area contributed by atoms with Crippen molar-refractivity contribution >= 4 is 17.0 Å². The number of nitrogens with two attached hydrogens (primary N) is 1. The summed E-state index contributed by atoms with van der Waals surface area (Å²) in [6.07, 6.45) is 0.880. The van der Waals surface area contributed by atoms with Crippen LogP contribution < -0.4 is 5.73 Å². The van der Waals surface area contributed by atoms with Gasteiger partial charge >= 0.3 is 0 Å². The third-order valence-electron chi connectivity index (χ3n) is 3.30. The second kappa shape index (κ2) is 5.47. The zero-order valence-electron chi connectivity index (χ0n) is 11.3. The van der Waals surface area contributed by atoms with Gasteiger partial charge in [-0.2, -0.15) is 0 Å². The number of nitrogen functional groups attached to an aromatic ring is 1. The second-order valence-electron chi connectivity index (χ2n) is 4.88. The maximum absolute atomic E-state index is 5.86. The Morgan fingerprint density at radius 2 is 1.90 bits per heavy atom. The fourth-order valence-corrected chi connectivity index (χ4v) is 2.95. The molecular formula is C17H16N2S. The first-order valence-electron chi connectivity index (χ1n) is 6.57. The minimum atomic E-state index is 0.829. The number of thiazole rings is 1. The number of hydrogen-bond acceptors (Lipinski definition) is 3. The van der Waals surface area contributed by atoms with Gasteiger partial charge in [-0.3, -0.25) is 0 Å². The third kappa shape index (κ3) is 2.73. The molecule has 2 aromatic carbocycles. The number of aromatic nitrogens is 1. The smallest absolute Gasteiger partial charge is 0.123 e. The lowest BCUT2D eigenvalue weighted by Crippen LogP contribution is -1.90. The Balaban J connectivity index is 1.84. The highest BCUT2D eigenvalue weighted by Crippen LogP contribution is 2.27. The van der Waals surface area contributed by atoms with Gasteiger partial charge < -0.3 is 5.73 Å². The first kappa shape index (κ1) is 12.9. The van der Waals surface area contributed by atoms with Gasteiger partial charge in [0.15, 0.2) is 0 Å². The Kier molecular flexibility index (Phi) is 3.52. The van der Waals surface area contributed by atoms with Crippen molar-refractivity contribution in [1.29, 1.82) is 0 Å². The van der Waals surface area contributed by atoms with Gasteiger partial charge in [-0.25, -0.2) is 4.98 Å². The fourth-order valence-electron chi connectivity index (χ4n) is 2.13. The van der Waals surface area contributed by atoms with E-state index in [0.29, 0.717) is 0 Å². The van der Waals surface area contributed by atoms with Crippen LogP contribution in [0.2, 0.25) is 0 Å². The zero-order chi connectivity index (χ0) is 13.9. The van der Waals surface area contributed by atoms with Gasteiger partial charge in [-0.1, -0.05) is 30.3 Å². The molecule has 3 heteroatoms. The molecule has 0 aliphatic carbocycles. The normalized spacial score (nSPS) is 10.7. The molecule has 0 aliphatic rings. The van der Waals surface area contributed by atoms with E-state index in [9.17, 15) is 0 Å². The second-order valence-corrected chi connectivity index (χ2v) is 5.74. The minimum Gasteiger partial charge on any atom is -0.399 e. The van der Waals surface area contributed by atoms with Gasteiger partial charge in [0, 0.05) is 23.1 Å². The standard InChI is InChI=1S/C17H16N2S/c1-12-9-14(7-8-16(12)18)17-19-15(11-20-17)10-13-5-3-2-4-6-13/h2-9,11H,10,18H2,1H3. The Hall–Kier alpha value is -2.13. The van der Waals surface area contributed by atoms with E-state index in [1.165, 1.54) is 5.56 Å². The van der Waals surface area contributed by atoms with Crippen LogP contribution in [0.25, 0.3) is 10.6 Å². The van der Waals surface area contributed by atoms with Crippen molar-refractivity contribution in [2.24, 2.45) is 0 Å². The number of rotatable bonds is 3. The van der Waals surface area contributed by atoms with Crippen LogP contribution in [0.5, 0.6) is 0 Å². The quantitative estimate of drug-likeness (QED) is 0.727. The summed E-state index contributed by atoms with van der Waals surface area (Å²) >= 11 is 1.68. The third-order valence-corrected chi connectivity index (χ3v) is 4.24. The number of nitrogens with zero attached hydrogens (tertiary/aromatic N) is 1. The SMILES string of the molecule is Cc1cc(-c2nc(Cc3ccccc3)cs2)ccc1N. The van der Waals surface area contributed by atoms with E-state index in [4.69, 9.17) is 10.7 Å². The molecule has 0 fully saturated rings. The molecule has 20 heavy (non-hydrogen) atoms. The van der Waals surface area contributed by atoms with Crippen LogP contribution in [0.3, 0.4) is 0 Å². The monoisotopic (exact) mass is 280 g/mol. The topological polar surface area (TPSA) is 38.9 Å². The van der Waals surface area contributed by atoms with E-state index in [1.807, 2.05) is 25.1 Å². The van der Waals surface area contributed by atoms with Crippen LogP contribution in [0, 0.1) is 6.92 Å². The van der Waals surface area contributed by atoms with Crippen molar-refractivity contribution in [2.45, 2.75) is 13.3 Å². The lowest BCUT2D eigenvalue weighted by molar-refractivity contribution is 1.11. The molecule has 3 rings (SSSR count). The molecule has 2 nitrogen and oxygen atoms in total. The Morgan fingerprint density at radius 1 is 1.10 bits per heavy atom.